The molecule has 0 saturated carbocycles. The Morgan fingerprint density at radius 3 is 2.23 bits per heavy atom. The molecule has 0 fully saturated rings. The van der Waals surface area contributed by atoms with Crippen LogP contribution in [0.3, 0.4) is 0 Å². The molecule has 0 saturated heterocycles. The molecule has 0 radical (unpaired) electrons. The summed E-state index contributed by atoms with van der Waals surface area (Å²) < 4.78 is 0. The van der Waals surface area contributed by atoms with Crippen LogP contribution in [0.15, 0.2) is 24.3 Å². The molecule has 2 rings (SSSR count). The van der Waals surface area contributed by atoms with Gasteiger partial charge in [-0.05, 0) is 77.3 Å². The summed E-state index contributed by atoms with van der Waals surface area (Å²) in [7, 11) is 0. The third-order valence-electron chi connectivity index (χ3n) is 5.02. The molecular weight excluding hydrogens is 268 g/mol. The summed E-state index contributed by atoms with van der Waals surface area (Å²) in [6.45, 7) is 3.52. The van der Waals surface area contributed by atoms with Gasteiger partial charge in [-0.3, -0.25) is 4.90 Å². The Kier molecular flexibility index (Phi) is 9.60. The largest absolute Gasteiger partial charge is 0.304 e. The normalized spacial score (nSPS) is 29.2. The molecule has 0 aromatic carbocycles. The van der Waals surface area contributed by atoms with E-state index in [9.17, 15) is 0 Å². The van der Waals surface area contributed by atoms with Gasteiger partial charge in [0.25, 0.3) is 0 Å². The summed E-state index contributed by atoms with van der Waals surface area (Å²) in [6.07, 6.45) is 25.6. The van der Waals surface area contributed by atoms with Crippen molar-refractivity contribution in [3.05, 3.63) is 24.3 Å². The summed E-state index contributed by atoms with van der Waals surface area (Å²) in [6, 6.07) is 0.795. The fourth-order valence-corrected chi connectivity index (χ4v) is 3.64. The van der Waals surface area contributed by atoms with E-state index < -0.39 is 0 Å². The lowest BCUT2D eigenvalue weighted by molar-refractivity contribution is 0.157. The van der Waals surface area contributed by atoms with E-state index in [-0.39, 0.29) is 0 Å². The standard InChI is InChI=1S/C20H36N2/c1-2-4-8-12-16-20(15-11-7-3-1)22-18-14-10-6-5-9-13-17-21-19-22/h1,3,5-6,20-21H,2,4,7-19H2/b3-1?,6-5-. The molecule has 0 bridgehead atoms. The van der Waals surface area contributed by atoms with Crippen LogP contribution >= 0.6 is 0 Å². The maximum Gasteiger partial charge on any atom is 0.0483 e. The van der Waals surface area contributed by atoms with Crippen molar-refractivity contribution < 1.29 is 0 Å². The fraction of sp³-hybridized carbons (Fsp3) is 0.800. The first kappa shape index (κ1) is 17.7. The van der Waals surface area contributed by atoms with Gasteiger partial charge in [-0.15, -0.1) is 0 Å². The quantitative estimate of drug-likeness (QED) is 0.684. The highest BCUT2D eigenvalue weighted by Crippen LogP contribution is 2.19. The molecule has 1 heterocycles. The van der Waals surface area contributed by atoms with Crippen LogP contribution in [0.25, 0.3) is 0 Å². The summed E-state index contributed by atoms with van der Waals surface area (Å²) >= 11 is 0. The minimum Gasteiger partial charge on any atom is -0.304 e. The Hall–Kier alpha value is -0.600. The van der Waals surface area contributed by atoms with Crippen LogP contribution in [0.2, 0.25) is 0 Å². The van der Waals surface area contributed by atoms with Crippen LogP contribution in [-0.2, 0) is 0 Å². The van der Waals surface area contributed by atoms with Gasteiger partial charge in [-0.25, -0.2) is 0 Å². The number of rotatable bonds is 1. The van der Waals surface area contributed by atoms with E-state index >= 15 is 0 Å². The Bertz CT molecular complexity index is 290. The van der Waals surface area contributed by atoms with E-state index in [2.05, 4.69) is 34.5 Å². The molecule has 1 unspecified atom stereocenters. The van der Waals surface area contributed by atoms with Crippen LogP contribution in [0.1, 0.15) is 77.0 Å². The fourth-order valence-electron chi connectivity index (χ4n) is 3.64. The first-order valence-electron chi connectivity index (χ1n) is 9.71. The molecule has 1 atom stereocenters. The minimum absolute atomic E-state index is 0.795. The number of allylic oxidation sites excluding steroid dienone is 4. The monoisotopic (exact) mass is 304 g/mol. The Labute approximate surface area is 138 Å². The second kappa shape index (κ2) is 11.9. The first-order chi connectivity index (χ1) is 11.0. The number of nitrogens with zero attached hydrogens (tertiary/aromatic N) is 1. The molecule has 0 aromatic heterocycles. The molecular formula is C20H36N2. The number of nitrogens with one attached hydrogen (secondary N) is 1. The molecule has 1 N–H and O–H groups in total. The lowest BCUT2D eigenvalue weighted by Crippen LogP contribution is -2.42. The zero-order valence-corrected chi connectivity index (χ0v) is 14.4. The SMILES string of the molecule is C1=CCCCC(N2CCC/C=C\CCCNC2)CCCCC1. The molecule has 0 aromatic rings. The van der Waals surface area contributed by atoms with Gasteiger partial charge in [0, 0.05) is 12.7 Å². The van der Waals surface area contributed by atoms with Crippen LogP contribution in [-0.4, -0.2) is 30.7 Å². The first-order valence-corrected chi connectivity index (χ1v) is 9.71. The molecule has 22 heavy (non-hydrogen) atoms. The topological polar surface area (TPSA) is 15.3 Å². The third-order valence-corrected chi connectivity index (χ3v) is 5.02. The molecule has 0 spiro atoms. The van der Waals surface area contributed by atoms with E-state index in [1.54, 1.807) is 0 Å². The lowest BCUT2D eigenvalue weighted by atomic mass is 10.0. The number of hydrogen-bond acceptors (Lipinski definition) is 2. The van der Waals surface area contributed by atoms with E-state index in [0.29, 0.717) is 0 Å². The van der Waals surface area contributed by atoms with Gasteiger partial charge in [0.2, 0.25) is 0 Å². The van der Waals surface area contributed by atoms with Crippen LogP contribution in [0.4, 0.5) is 0 Å². The van der Waals surface area contributed by atoms with Crippen molar-refractivity contribution in [1.29, 1.82) is 0 Å². The van der Waals surface area contributed by atoms with Gasteiger partial charge in [-0.1, -0.05) is 37.1 Å². The lowest BCUT2D eigenvalue weighted by Gasteiger charge is -2.32. The Balaban J connectivity index is 1.87. The van der Waals surface area contributed by atoms with Gasteiger partial charge in [0.05, 0.1) is 0 Å². The van der Waals surface area contributed by atoms with Gasteiger partial charge in [-0.2, -0.15) is 0 Å². The summed E-state index contributed by atoms with van der Waals surface area (Å²) in [5.41, 5.74) is 0. The average molecular weight is 305 g/mol. The Morgan fingerprint density at radius 1 is 0.682 bits per heavy atom. The van der Waals surface area contributed by atoms with Crippen LogP contribution < -0.4 is 5.32 Å². The average Bonchev–Trinajstić information content (AvgIpc) is 2.64. The molecule has 1 aliphatic carbocycles. The van der Waals surface area contributed by atoms with Gasteiger partial charge in [0.1, 0.15) is 0 Å². The van der Waals surface area contributed by atoms with Crippen molar-refractivity contribution in [3.8, 4) is 0 Å². The summed E-state index contributed by atoms with van der Waals surface area (Å²) in [4.78, 5) is 2.75. The second-order valence-corrected chi connectivity index (χ2v) is 6.92. The van der Waals surface area contributed by atoms with Crippen molar-refractivity contribution in [1.82, 2.24) is 10.2 Å². The van der Waals surface area contributed by atoms with Crippen molar-refractivity contribution >= 4 is 0 Å². The highest BCUT2D eigenvalue weighted by molar-refractivity contribution is 4.85. The molecule has 2 nitrogen and oxygen atoms in total. The highest BCUT2D eigenvalue weighted by Gasteiger charge is 2.17. The molecule has 0 amide bonds. The Morgan fingerprint density at radius 2 is 1.36 bits per heavy atom. The van der Waals surface area contributed by atoms with E-state index in [1.165, 1.54) is 83.6 Å². The summed E-state index contributed by atoms with van der Waals surface area (Å²) in [5.74, 6) is 0. The zero-order valence-electron chi connectivity index (χ0n) is 14.4. The highest BCUT2D eigenvalue weighted by atomic mass is 15.2. The van der Waals surface area contributed by atoms with Gasteiger partial charge >= 0.3 is 0 Å². The smallest absolute Gasteiger partial charge is 0.0483 e. The molecule has 2 aliphatic rings. The van der Waals surface area contributed by atoms with E-state index in [0.717, 1.165) is 19.3 Å². The predicted octanol–water partition coefficient (Wildman–Crippen LogP) is 5.02. The van der Waals surface area contributed by atoms with E-state index in [1.807, 2.05) is 0 Å². The van der Waals surface area contributed by atoms with Crippen molar-refractivity contribution in [2.24, 2.45) is 0 Å². The zero-order chi connectivity index (χ0) is 15.3. The maximum atomic E-state index is 3.68. The van der Waals surface area contributed by atoms with Gasteiger partial charge < -0.3 is 5.32 Å². The van der Waals surface area contributed by atoms with Crippen molar-refractivity contribution in [2.75, 3.05) is 19.8 Å². The van der Waals surface area contributed by atoms with Gasteiger partial charge in [0.15, 0.2) is 0 Å². The van der Waals surface area contributed by atoms with E-state index in [4.69, 9.17) is 0 Å². The maximum absolute atomic E-state index is 3.68. The van der Waals surface area contributed by atoms with Crippen LogP contribution in [0, 0.1) is 0 Å². The summed E-state index contributed by atoms with van der Waals surface area (Å²) in [5, 5.41) is 3.68. The van der Waals surface area contributed by atoms with Crippen LogP contribution in [0.5, 0.6) is 0 Å². The predicted molar refractivity (Wildman–Crippen MR) is 97.0 cm³/mol. The number of hydrogen-bond donors (Lipinski definition) is 1. The molecule has 2 heteroatoms. The molecule has 126 valence electrons. The third kappa shape index (κ3) is 7.60. The van der Waals surface area contributed by atoms with Crippen molar-refractivity contribution in [3.63, 3.8) is 0 Å². The second-order valence-electron chi connectivity index (χ2n) is 6.92. The van der Waals surface area contributed by atoms with Crippen molar-refractivity contribution in [2.45, 2.75) is 83.1 Å². The molecule has 1 aliphatic heterocycles. The minimum atomic E-state index is 0.795.